The van der Waals surface area contributed by atoms with Crippen LogP contribution in [0.3, 0.4) is 0 Å². The summed E-state index contributed by atoms with van der Waals surface area (Å²) < 4.78 is 64.0. The van der Waals surface area contributed by atoms with Gasteiger partial charge in [0.05, 0.1) is 16.3 Å². The van der Waals surface area contributed by atoms with Crippen molar-refractivity contribution in [3.8, 4) is 0 Å². The quantitative estimate of drug-likeness (QED) is 0.585. The third-order valence-corrected chi connectivity index (χ3v) is 6.92. The van der Waals surface area contributed by atoms with Crippen LogP contribution < -0.4 is 10.6 Å². The van der Waals surface area contributed by atoms with E-state index in [0.717, 1.165) is 6.07 Å². The van der Waals surface area contributed by atoms with Crippen LogP contribution in [0.25, 0.3) is 0 Å². The number of para-hydroxylation sites is 1. The Kier molecular flexibility index (Phi) is 8.27. The van der Waals surface area contributed by atoms with Gasteiger partial charge in [-0.2, -0.15) is 17.5 Å². The van der Waals surface area contributed by atoms with Crippen molar-refractivity contribution in [3.05, 3.63) is 58.6 Å². The molecular weight excluding hydrogens is 471 g/mol. The van der Waals surface area contributed by atoms with Crippen LogP contribution in [0.5, 0.6) is 0 Å². The van der Waals surface area contributed by atoms with Crippen molar-refractivity contribution < 1.29 is 31.2 Å². The molecule has 0 atom stereocenters. The Morgan fingerprint density at radius 3 is 2.25 bits per heavy atom. The van der Waals surface area contributed by atoms with Gasteiger partial charge in [-0.15, -0.1) is 0 Å². The lowest BCUT2D eigenvalue weighted by molar-refractivity contribution is -0.123. The molecule has 0 aliphatic heterocycles. The average molecular weight is 492 g/mol. The fourth-order valence-corrected chi connectivity index (χ4v) is 4.76. The van der Waals surface area contributed by atoms with E-state index in [1.807, 2.05) is 0 Å². The fourth-order valence-electron chi connectivity index (χ4n) is 2.81. The second kappa shape index (κ2) is 10.3. The Bertz CT molecular complexity index is 1100. The summed E-state index contributed by atoms with van der Waals surface area (Å²) in [6, 6.07) is 9.16. The van der Waals surface area contributed by atoms with E-state index in [4.69, 9.17) is 11.6 Å². The zero-order chi connectivity index (χ0) is 24.1. The SMILES string of the molecule is CCN(CC)S(=O)(=O)c1cc(C(=O)Nc2ccccc2C(=O)NCC(F)(F)F)ccc1Cl. The van der Waals surface area contributed by atoms with E-state index < -0.39 is 34.6 Å². The highest BCUT2D eigenvalue weighted by molar-refractivity contribution is 7.89. The molecule has 0 bridgehead atoms. The van der Waals surface area contributed by atoms with E-state index in [0.29, 0.717) is 0 Å². The lowest BCUT2D eigenvalue weighted by atomic mass is 10.1. The van der Waals surface area contributed by atoms with Crippen LogP contribution in [0, 0.1) is 0 Å². The van der Waals surface area contributed by atoms with Crippen molar-refractivity contribution in [3.63, 3.8) is 0 Å². The van der Waals surface area contributed by atoms with Crippen molar-refractivity contribution in [1.82, 2.24) is 9.62 Å². The first-order valence-corrected chi connectivity index (χ1v) is 11.3. The third-order valence-electron chi connectivity index (χ3n) is 4.39. The minimum absolute atomic E-state index is 0.0414. The first-order chi connectivity index (χ1) is 14.9. The zero-order valence-corrected chi connectivity index (χ0v) is 18.7. The Morgan fingerprint density at radius 2 is 1.66 bits per heavy atom. The second-order valence-corrected chi connectivity index (χ2v) is 8.85. The summed E-state index contributed by atoms with van der Waals surface area (Å²) in [7, 11) is -3.95. The molecule has 0 heterocycles. The van der Waals surface area contributed by atoms with Crippen LogP contribution >= 0.6 is 11.6 Å². The van der Waals surface area contributed by atoms with Gasteiger partial charge in [0.25, 0.3) is 11.8 Å². The van der Waals surface area contributed by atoms with Gasteiger partial charge in [0.1, 0.15) is 11.4 Å². The molecule has 0 spiro atoms. The summed E-state index contributed by atoms with van der Waals surface area (Å²) in [4.78, 5) is 24.6. The molecule has 7 nitrogen and oxygen atoms in total. The number of alkyl halides is 3. The van der Waals surface area contributed by atoms with Crippen molar-refractivity contribution in [2.45, 2.75) is 24.9 Å². The maximum absolute atomic E-state index is 12.8. The summed E-state index contributed by atoms with van der Waals surface area (Å²) in [6.07, 6.45) is -4.59. The van der Waals surface area contributed by atoms with Gasteiger partial charge in [-0.3, -0.25) is 9.59 Å². The molecule has 32 heavy (non-hydrogen) atoms. The number of benzene rings is 2. The maximum Gasteiger partial charge on any atom is 0.405 e. The number of sulfonamides is 1. The summed E-state index contributed by atoms with van der Waals surface area (Å²) in [5.41, 5.74) is -0.291. The average Bonchev–Trinajstić information content (AvgIpc) is 2.72. The monoisotopic (exact) mass is 491 g/mol. The molecule has 0 aromatic heterocycles. The smallest absolute Gasteiger partial charge is 0.343 e. The number of hydrogen-bond acceptors (Lipinski definition) is 4. The number of anilines is 1. The van der Waals surface area contributed by atoms with E-state index in [1.165, 1.54) is 40.7 Å². The molecule has 0 saturated heterocycles. The first kappa shape index (κ1) is 25.6. The number of carbonyl (C=O) groups excluding carboxylic acids is 2. The highest BCUT2D eigenvalue weighted by atomic mass is 35.5. The zero-order valence-electron chi connectivity index (χ0n) is 17.2. The van der Waals surface area contributed by atoms with Crippen LogP contribution in [0.4, 0.5) is 18.9 Å². The molecule has 0 aliphatic rings. The summed E-state index contributed by atoms with van der Waals surface area (Å²) in [5, 5.41) is 4.10. The number of halogens is 4. The normalized spacial score (nSPS) is 12.0. The molecular formula is C20H21ClF3N3O4S. The first-order valence-electron chi connectivity index (χ1n) is 9.45. The Hall–Kier alpha value is -2.63. The van der Waals surface area contributed by atoms with E-state index in [1.54, 1.807) is 19.2 Å². The largest absolute Gasteiger partial charge is 0.405 e. The third kappa shape index (κ3) is 6.21. The maximum atomic E-state index is 12.8. The van der Waals surface area contributed by atoms with Crippen molar-refractivity contribution in [2.24, 2.45) is 0 Å². The molecule has 12 heteroatoms. The lowest BCUT2D eigenvalue weighted by Gasteiger charge is -2.19. The molecule has 0 saturated carbocycles. The van der Waals surface area contributed by atoms with Gasteiger partial charge in [0, 0.05) is 18.7 Å². The number of nitrogens with zero attached hydrogens (tertiary/aromatic N) is 1. The van der Waals surface area contributed by atoms with Crippen LogP contribution in [0.2, 0.25) is 5.02 Å². The van der Waals surface area contributed by atoms with Crippen LogP contribution in [0.15, 0.2) is 47.4 Å². The number of nitrogens with one attached hydrogen (secondary N) is 2. The topological polar surface area (TPSA) is 95.6 Å². The summed E-state index contributed by atoms with van der Waals surface area (Å²) in [6.45, 7) is 2.19. The van der Waals surface area contributed by atoms with Crippen molar-refractivity contribution in [2.75, 3.05) is 25.0 Å². The highest BCUT2D eigenvalue weighted by Crippen LogP contribution is 2.26. The Balaban J connectivity index is 2.33. The van der Waals surface area contributed by atoms with Gasteiger partial charge in [-0.25, -0.2) is 8.42 Å². The molecule has 2 aromatic rings. The minimum atomic E-state index is -4.59. The van der Waals surface area contributed by atoms with Crippen molar-refractivity contribution in [1.29, 1.82) is 0 Å². The van der Waals surface area contributed by atoms with E-state index in [9.17, 15) is 31.2 Å². The molecule has 2 N–H and O–H groups in total. The molecule has 0 fully saturated rings. The number of carbonyl (C=O) groups is 2. The van der Waals surface area contributed by atoms with Gasteiger partial charge in [0.15, 0.2) is 0 Å². The van der Waals surface area contributed by atoms with Crippen LogP contribution in [-0.4, -0.2) is 50.3 Å². The predicted molar refractivity (Wildman–Crippen MR) is 114 cm³/mol. The van der Waals surface area contributed by atoms with E-state index >= 15 is 0 Å². The lowest BCUT2D eigenvalue weighted by Crippen LogP contribution is -2.34. The molecule has 0 aliphatic carbocycles. The standard InChI is InChI=1S/C20H21ClF3N3O4S/c1-3-27(4-2)32(30,31)17-11-13(9-10-15(17)21)18(28)26-16-8-6-5-7-14(16)19(29)25-12-20(22,23)24/h5-11H,3-4,12H2,1-2H3,(H,25,29)(H,26,28). The summed E-state index contributed by atoms with van der Waals surface area (Å²) in [5.74, 6) is -1.80. The number of hydrogen-bond donors (Lipinski definition) is 2. The van der Waals surface area contributed by atoms with Crippen LogP contribution in [0.1, 0.15) is 34.6 Å². The molecule has 2 rings (SSSR count). The fraction of sp³-hybridized carbons (Fsp3) is 0.300. The molecule has 2 aromatic carbocycles. The van der Waals surface area contributed by atoms with Gasteiger partial charge in [0.2, 0.25) is 10.0 Å². The highest BCUT2D eigenvalue weighted by Gasteiger charge is 2.29. The Morgan fingerprint density at radius 1 is 1.03 bits per heavy atom. The number of amides is 2. The van der Waals surface area contributed by atoms with E-state index in [-0.39, 0.29) is 39.8 Å². The molecule has 0 radical (unpaired) electrons. The van der Waals surface area contributed by atoms with Gasteiger partial charge in [-0.1, -0.05) is 37.6 Å². The van der Waals surface area contributed by atoms with Gasteiger partial charge in [-0.05, 0) is 30.3 Å². The van der Waals surface area contributed by atoms with Gasteiger partial charge < -0.3 is 10.6 Å². The molecule has 2 amide bonds. The van der Waals surface area contributed by atoms with Crippen molar-refractivity contribution >= 4 is 39.1 Å². The van der Waals surface area contributed by atoms with Crippen LogP contribution in [-0.2, 0) is 10.0 Å². The molecule has 174 valence electrons. The summed E-state index contributed by atoms with van der Waals surface area (Å²) >= 11 is 6.06. The second-order valence-electron chi connectivity index (χ2n) is 6.53. The number of rotatable bonds is 8. The molecule has 0 unspecified atom stereocenters. The Labute approximate surface area is 188 Å². The van der Waals surface area contributed by atoms with Gasteiger partial charge >= 0.3 is 6.18 Å². The minimum Gasteiger partial charge on any atom is -0.343 e. The van der Waals surface area contributed by atoms with E-state index in [2.05, 4.69) is 5.32 Å². The predicted octanol–water partition coefficient (Wildman–Crippen LogP) is 3.91.